The number of hydrogen-bond donors (Lipinski definition) is 1. The van der Waals surface area contributed by atoms with Gasteiger partial charge in [0.15, 0.2) is 0 Å². The van der Waals surface area contributed by atoms with Crippen LogP contribution < -0.4 is 4.90 Å². The van der Waals surface area contributed by atoms with Gasteiger partial charge in [-0.1, -0.05) is 0 Å². The third kappa shape index (κ3) is 3.65. The van der Waals surface area contributed by atoms with Gasteiger partial charge in [-0.25, -0.2) is 19.4 Å². The standard InChI is InChI=1S/C21H25F2N7O2/c1-21(2,3)32-20(31)30-13-4-5-14(30)10-28(9-13)18-15-6-16(27-17(15)24-11-25-18)12-7-26-29(8-12)19(22)23/h6-8,11,13-14,19H,4-5,9-10H2,1-3H3,(H,24,25,27). The molecule has 2 atom stereocenters. The Morgan fingerprint density at radius 1 is 1.22 bits per heavy atom. The summed E-state index contributed by atoms with van der Waals surface area (Å²) in [5, 5.41) is 4.51. The van der Waals surface area contributed by atoms with Crippen LogP contribution in [0.15, 0.2) is 24.8 Å². The summed E-state index contributed by atoms with van der Waals surface area (Å²) in [5.74, 6) is 0.763. The Morgan fingerprint density at radius 3 is 2.56 bits per heavy atom. The Hall–Kier alpha value is -3.24. The molecule has 2 bridgehead atoms. The van der Waals surface area contributed by atoms with Crippen LogP contribution in [0.4, 0.5) is 19.4 Å². The molecule has 2 aliphatic heterocycles. The molecule has 0 aromatic carbocycles. The van der Waals surface area contributed by atoms with Gasteiger partial charge in [0.25, 0.3) is 0 Å². The number of carbonyl (C=O) groups is 1. The number of aromatic amines is 1. The molecular formula is C21H25F2N7O2. The first-order valence-electron chi connectivity index (χ1n) is 10.6. The van der Waals surface area contributed by atoms with Gasteiger partial charge in [-0.2, -0.15) is 13.9 Å². The lowest BCUT2D eigenvalue weighted by atomic mass is 10.1. The first kappa shape index (κ1) is 20.7. The zero-order chi connectivity index (χ0) is 22.6. The summed E-state index contributed by atoms with van der Waals surface area (Å²) in [6, 6.07) is 1.97. The minimum absolute atomic E-state index is 0.0521. The third-order valence-corrected chi connectivity index (χ3v) is 5.90. The summed E-state index contributed by atoms with van der Waals surface area (Å²) in [4.78, 5) is 28.8. The van der Waals surface area contributed by atoms with Gasteiger partial charge in [0, 0.05) is 24.8 Å². The van der Waals surface area contributed by atoms with Crippen LogP contribution in [-0.2, 0) is 4.74 Å². The van der Waals surface area contributed by atoms with Crippen molar-refractivity contribution in [1.82, 2.24) is 29.6 Å². The second kappa shape index (κ2) is 7.42. The molecule has 0 spiro atoms. The number of anilines is 1. The molecule has 11 heteroatoms. The Morgan fingerprint density at radius 2 is 1.94 bits per heavy atom. The lowest BCUT2D eigenvalue weighted by molar-refractivity contribution is 0.0123. The van der Waals surface area contributed by atoms with Crippen LogP contribution in [0.25, 0.3) is 22.3 Å². The third-order valence-electron chi connectivity index (χ3n) is 5.90. The topological polar surface area (TPSA) is 92.2 Å². The van der Waals surface area contributed by atoms with Gasteiger partial charge in [-0.05, 0) is 39.7 Å². The van der Waals surface area contributed by atoms with Gasteiger partial charge in [-0.3, -0.25) is 4.90 Å². The van der Waals surface area contributed by atoms with Crippen molar-refractivity contribution >= 4 is 22.9 Å². The maximum Gasteiger partial charge on any atom is 0.410 e. The zero-order valence-electron chi connectivity index (χ0n) is 18.1. The van der Waals surface area contributed by atoms with Crippen molar-refractivity contribution in [2.24, 2.45) is 0 Å². The van der Waals surface area contributed by atoms with E-state index >= 15 is 0 Å². The fourth-order valence-electron chi connectivity index (χ4n) is 4.61. The monoisotopic (exact) mass is 445 g/mol. The SMILES string of the molecule is CC(C)(C)OC(=O)N1C2CCC1CN(c1ncnc3[nH]c(-c4cnn(C(F)F)c4)cc13)C2. The van der Waals surface area contributed by atoms with E-state index < -0.39 is 12.2 Å². The number of rotatable bonds is 3. The Kier molecular flexibility index (Phi) is 4.79. The fourth-order valence-corrected chi connectivity index (χ4v) is 4.61. The molecule has 32 heavy (non-hydrogen) atoms. The summed E-state index contributed by atoms with van der Waals surface area (Å²) in [6.07, 6.45) is 5.74. The van der Waals surface area contributed by atoms with E-state index in [-0.39, 0.29) is 18.2 Å². The number of hydrogen-bond acceptors (Lipinski definition) is 6. The summed E-state index contributed by atoms with van der Waals surface area (Å²) in [6.45, 7) is 4.21. The summed E-state index contributed by atoms with van der Waals surface area (Å²) < 4.78 is 32.0. The van der Waals surface area contributed by atoms with Crippen molar-refractivity contribution in [3.8, 4) is 11.3 Å². The van der Waals surface area contributed by atoms with E-state index in [0.717, 1.165) is 24.0 Å². The van der Waals surface area contributed by atoms with Crippen LogP contribution in [0.3, 0.4) is 0 Å². The summed E-state index contributed by atoms with van der Waals surface area (Å²) in [7, 11) is 0. The molecule has 0 radical (unpaired) electrons. The highest BCUT2D eigenvalue weighted by Gasteiger charge is 2.44. The molecule has 2 aliphatic rings. The summed E-state index contributed by atoms with van der Waals surface area (Å²) in [5.41, 5.74) is 1.27. The molecule has 9 nitrogen and oxygen atoms in total. The zero-order valence-corrected chi connectivity index (χ0v) is 18.1. The number of alkyl halides is 2. The smallest absolute Gasteiger partial charge is 0.410 e. The molecule has 1 N–H and O–H groups in total. The number of nitrogens with zero attached hydrogens (tertiary/aromatic N) is 6. The predicted octanol–water partition coefficient (Wildman–Crippen LogP) is 3.80. The molecular weight excluding hydrogens is 420 g/mol. The van der Waals surface area contributed by atoms with E-state index in [0.29, 0.717) is 34.7 Å². The number of amides is 1. The molecule has 170 valence electrons. The van der Waals surface area contributed by atoms with Gasteiger partial charge in [0.1, 0.15) is 23.4 Å². The molecule has 5 heterocycles. The second-order valence-electron chi connectivity index (χ2n) is 9.31. The van der Waals surface area contributed by atoms with Crippen molar-refractivity contribution in [3.05, 3.63) is 24.8 Å². The molecule has 0 aliphatic carbocycles. The fraction of sp³-hybridized carbons (Fsp3) is 0.524. The van der Waals surface area contributed by atoms with Crippen LogP contribution in [-0.4, -0.2) is 66.5 Å². The predicted molar refractivity (Wildman–Crippen MR) is 113 cm³/mol. The van der Waals surface area contributed by atoms with Crippen molar-refractivity contribution in [2.45, 2.75) is 57.8 Å². The Bertz CT molecular complexity index is 1140. The minimum atomic E-state index is -2.69. The van der Waals surface area contributed by atoms with Crippen molar-refractivity contribution in [3.63, 3.8) is 0 Å². The van der Waals surface area contributed by atoms with E-state index in [4.69, 9.17) is 4.74 Å². The molecule has 3 aromatic heterocycles. The van der Waals surface area contributed by atoms with Gasteiger partial charge in [0.2, 0.25) is 0 Å². The molecule has 0 saturated carbocycles. The number of nitrogens with one attached hydrogen (secondary N) is 1. The highest BCUT2D eigenvalue weighted by molar-refractivity contribution is 5.92. The van der Waals surface area contributed by atoms with E-state index in [1.165, 1.54) is 18.7 Å². The van der Waals surface area contributed by atoms with Gasteiger partial charge < -0.3 is 14.6 Å². The lowest BCUT2D eigenvalue weighted by Crippen LogP contribution is -2.57. The number of ether oxygens (including phenoxy) is 1. The maximum absolute atomic E-state index is 12.9. The Labute approximate surface area is 183 Å². The largest absolute Gasteiger partial charge is 0.444 e. The van der Waals surface area contributed by atoms with Crippen molar-refractivity contribution in [2.75, 3.05) is 18.0 Å². The number of piperazine rings is 1. The number of aromatic nitrogens is 5. The van der Waals surface area contributed by atoms with Gasteiger partial charge in [-0.15, -0.1) is 0 Å². The van der Waals surface area contributed by atoms with Gasteiger partial charge in [0.05, 0.1) is 29.4 Å². The van der Waals surface area contributed by atoms with Crippen molar-refractivity contribution < 1.29 is 18.3 Å². The number of fused-ring (bicyclic) bond motifs is 3. The van der Waals surface area contributed by atoms with E-state index in [1.54, 1.807) is 0 Å². The van der Waals surface area contributed by atoms with E-state index in [2.05, 4.69) is 25.0 Å². The molecule has 5 rings (SSSR count). The van der Waals surface area contributed by atoms with Crippen LogP contribution in [0, 0.1) is 0 Å². The molecule has 2 unspecified atom stereocenters. The average molecular weight is 445 g/mol. The molecule has 2 saturated heterocycles. The Balaban J connectivity index is 1.41. The number of carbonyl (C=O) groups excluding carboxylic acids is 1. The first-order valence-corrected chi connectivity index (χ1v) is 10.6. The van der Waals surface area contributed by atoms with Crippen LogP contribution in [0.2, 0.25) is 0 Å². The number of H-pyrrole nitrogens is 1. The highest BCUT2D eigenvalue weighted by Crippen LogP contribution is 2.36. The van der Waals surface area contributed by atoms with E-state index in [1.807, 2.05) is 31.7 Å². The average Bonchev–Trinajstić information content (AvgIpc) is 3.42. The second-order valence-corrected chi connectivity index (χ2v) is 9.31. The normalized spacial score (nSPS) is 21.1. The maximum atomic E-state index is 12.9. The van der Waals surface area contributed by atoms with Crippen LogP contribution in [0.5, 0.6) is 0 Å². The quantitative estimate of drug-likeness (QED) is 0.659. The highest BCUT2D eigenvalue weighted by atomic mass is 19.3. The molecule has 1 amide bonds. The van der Waals surface area contributed by atoms with Crippen LogP contribution >= 0.6 is 0 Å². The molecule has 3 aromatic rings. The van der Waals surface area contributed by atoms with Crippen molar-refractivity contribution in [1.29, 1.82) is 0 Å². The lowest BCUT2D eigenvalue weighted by Gasteiger charge is -2.41. The first-order chi connectivity index (χ1) is 15.2. The van der Waals surface area contributed by atoms with E-state index in [9.17, 15) is 13.6 Å². The molecule has 2 fully saturated rings. The summed E-state index contributed by atoms with van der Waals surface area (Å²) >= 11 is 0. The minimum Gasteiger partial charge on any atom is -0.444 e. The van der Waals surface area contributed by atoms with Crippen LogP contribution in [0.1, 0.15) is 40.2 Å². The van der Waals surface area contributed by atoms with Gasteiger partial charge >= 0.3 is 12.6 Å². The number of halogens is 2.